The summed E-state index contributed by atoms with van der Waals surface area (Å²) in [5.74, 6) is -0.366. The van der Waals surface area contributed by atoms with E-state index in [4.69, 9.17) is 4.74 Å². The molecule has 1 aliphatic heterocycles. The van der Waals surface area contributed by atoms with E-state index in [0.717, 1.165) is 6.26 Å². The molecule has 0 saturated carbocycles. The molecule has 2 heterocycles. The number of aliphatic hydroxyl groups excluding tert-OH is 1. The van der Waals surface area contributed by atoms with Crippen LogP contribution in [-0.4, -0.2) is 36.4 Å². The highest BCUT2D eigenvalue weighted by Gasteiger charge is 2.33. The fourth-order valence-electron chi connectivity index (χ4n) is 1.88. The van der Waals surface area contributed by atoms with Gasteiger partial charge < -0.3 is 19.6 Å². The summed E-state index contributed by atoms with van der Waals surface area (Å²) in [7, 11) is 0. The van der Waals surface area contributed by atoms with Crippen LogP contribution >= 0.6 is 0 Å². The molecule has 18 heavy (non-hydrogen) atoms. The molecule has 0 atom stereocenters. The Kier molecular flexibility index (Phi) is 3.78. The topological polar surface area (TPSA) is 88.8 Å². The van der Waals surface area contributed by atoms with E-state index < -0.39 is 11.2 Å². The van der Waals surface area contributed by atoms with Gasteiger partial charge in [-0.2, -0.15) is 0 Å². The van der Waals surface area contributed by atoms with Crippen LogP contribution in [0.5, 0.6) is 0 Å². The van der Waals surface area contributed by atoms with E-state index in [9.17, 15) is 14.7 Å². The van der Waals surface area contributed by atoms with Gasteiger partial charge in [0.15, 0.2) is 0 Å². The standard InChI is InChI=1S/C12H15NO5/c14-8-12(3-5-17-6-4-12)13-11(16)9-1-2-10(15)18-7-9/h1-2,7,14H,3-6,8H2,(H,13,16). The highest BCUT2D eigenvalue weighted by atomic mass is 16.5. The monoisotopic (exact) mass is 253 g/mol. The van der Waals surface area contributed by atoms with E-state index in [2.05, 4.69) is 9.73 Å². The smallest absolute Gasteiger partial charge is 0.335 e. The second kappa shape index (κ2) is 5.32. The van der Waals surface area contributed by atoms with Gasteiger partial charge in [-0.1, -0.05) is 0 Å². The molecule has 0 aliphatic carbocycles. The lowest BCUT2D eigenvalue weighted by atomic mass is 9.90. The van der Waals surface area contributed by atoms with Crippen molar-refractivity contribution in [2.75, 3.05) is 19.8 Å². The maximum Gasteiger partial charge on any atom is 0.335 e. The molecule has 6 nitrogen and oxygen atoms in total. The Morgan fingerprint density at radius 3 is 2.67 bits per heavy atom. The SMILES string of the molecule is O=C(NC1(CO)CCOCC1)c1ccc(=O)oc1. The molecule has 1 aliphatic rings. The Morgan fingerprint density at radius 2 is 2.11 bits per heavy atom. The van der Waals surface area contributed by atoms with Crippen LogP contribution in [0.2, 0.25) is 0 Å². The molecule has 1 saturated heterocycles. The molecule has 0 unspecified atom stereocenters. The van der Waals surface area contributed by atoms with Crippen molar-refractivity contribution in [2.24, 2.45) is 0 Å². The molecule has 6 heteroatoms. The number of carbonyl (C=O) groups is 1. The molecule has 98 valence electrons. The second-order valence-corrected chi connectivity index (χ2v) is 4.35. The zero-order chi connectivity index (χ0) is 13.0. The van der Waals surface area contributed by atoms with Crippen LogP contribution in [0.25, 0.3) is 0 Å². The minimum absolute atomic E-state index is 0.140. The molecular formula is C12H15NO5. The Hall–Kier alpha value is -1.66. The number of hydrogen-bond acceptors (Lipinski definition) is 5. The van der Waals surface area contributed by atoms with Crippen molar-refractivity contribution in [2.45, 2.75) is 18.4 Å². The lowest BCUT2D eigenvalue weighted by molar-refractivity contribution is 0.0125. The van der Waals surface area contributed by atoms with E-state index in [1.165, 1.54) is 12.1 Å². The Balaban J connectivity index is 2.09. The van der Waals surface area contributed by atoms with E-state index in [1.807, 2.05) is 0 Å². The second-order valence-electron chi connectivity index (χ2n) is 4.35. The number of aliphatic hydroxyl groups is 1. The van der Waals surface area contributed by atoms with Gasteiger partial charge in [-0.3, -0.25) is 4.79 Å². The molecule has 1 aromatic rings. The number of ether oxygens (including phenoxy) is 1. The van der Waals surface area contributed by atoms with Gasteiger partial charge in [-0.05, 0) is 18.9 Å². The van der Waals surface area contributed by atoms with Gasteiger partial charge in [0.2, 0.25) is 0 Å². The van der Waals surface area contributed by atoms with E-state index in [0.29, 0.717) is 26.1 Å². The summed E-state index contributed by atoms with van der Waals surface area (Å²) in [6, 6.07) is 2.58. The molecule has 1 aromatic heterocycles. The molecule has 0 aromatic carbocycles. The minimum Gasteiger partial charge on any atom is -0.430 e. The van der Waals surface area contributed by atoms with Crippen molar-refractivity contribution in [3.8, 4) is 0 Å². The Morgan fingerprint density at radius 1 is 1.39 bits per heavy atom. The molecule has 2 N–H and O–H groups in total. The molecule has 0 spiro atoms. The van der Waals surface area contributed by atoms with E-state index >= 15 is 0 Å². The summed E-state index contributed by atoms with van der Waals surface area (Å²) < 4.78 is 9.84. The third kappa shape index (κ3) is 2.77. The van der Waals surface area contributed by atoms with Crippen LogP contribution in [0.4, 0.5) is 0 Å². The third-order valence-electron chi connectivity index (χ3n) is 3.09. The number of carbonyl (C=O) groups excluding carboxylic acids is 1. The summed E-state index contributed by atoms with van der Waals surface area (Å²) in [6.45, 7) is 0.869. The van der Waals surface area contributed by atoms with Gasteiger partial charge in [0.05, 0.1) is 17.7 Å². The fourth-order valence-corrected chi connectivity index (χ4v) is 1.88. The molecule has 0 bridgehead atoms. The zero-order valence-corrected chi connectivity index (χ0v) is 9.85. The van der Waals surface area contributed by atoms with Crippen LogP contribution in [-0.2, 0) is 4.74 Å². The summed E-state index contributed by atoms with van der Waals surface area (Å²) >= 11 is 0. The fraction of sp³-hybridized carbons (Fsp3) is 0.500. The quantitative estimate of drug-likeness (QED) is 0.786. The van der Waals surface area contributed by atoms with Gasteiger partial charge in [0, 0.05) is 19.3 Å². The number of amides is 1. The van der Waals surface area contributed by atoms with Crippen LogP contribution in [0.1, 0.15) is 23.2 Å². The first kappa shape index (κ1) is 12.8. The van der Waals surface area contributed by atoms with Crippen molar-refractivity contribution in [3.63, 3.8) is 0 Å². The van der Waals surface area contributed by atoms with Crippen LogP contribution in [0, 0.1) is 0 Å². The van der Waals surface area contributed by atoms with Gasteiger partial charge in [0.25, 0.3) is 5.91 Å². The van der Waals surface area contributed by atoms with Gasteiger partial charge >= 0.3 is 5.63 Å². The first-order valence-electron chi connectivity index (χ1n) is 5.75. The molecule has 1 fully saturated rings. The highest BCUT2D eigenvalue weighted by molar-refractivity contribution is 5.94. The van der Waals surface area contributed by atoms with Gasteiger partial charge in [-0.15, -0.1) is 0 Å². The largest absolute Gasteiger partial charge is 0.430 e. The average Bonchev–Trinajstić information content (AvgIpc) is 2.40. The third-order valence-corrected chi connectivity index (χ3v) is 3.09. The van der Waals surface area contributed by atoms with Crippen molar-refractivity contribution in [1.29, 1.82) is 0 Å². The highest BCUT2D eigenvalue weighted by Crippen LogP contribution is 2.20. The number of rotatable bonds is 3. The minimum atomic E-state index is -0.647. The first-order chi connectivity index (χ1) is 8.65. The average molecular weight is 253 g/mol. The normalized spacial score (nSPS) is 18.3. The Labute approximate surface area is 104 Å². The summed E-state index contributed by atoms with van der Waals surface area (Å²) in [4.78, 5) is 22.8. The zero-order valence-electron chi connectivity index (χ0n) is 9.85. The van der Waals surface area contributed by atoms with Gasteiger partial charge in [0.1, 0.15) is 6.26 Å². The molecule has 0 radical (unpaired) electrons. The van der Waals surface area contributed by atoms with Crippen molar-refractivity contribution in [1.82, 2.24) is 5.32 Å². The maximum absolute atomic E-state index is 12.0. The first-order valence-corrected chi connectivity index (χ1v) is 5.75. The van der Waals surface area contributed by atoms with E-state index in [-0.39, 0.29) is 18.1 Å². The number of nitrogens with one attached hydrogen (secondary N) is 1. The van der Waals surface area contributed by atoms with Crippen molar-refractivity contribution in [3.05, 3.63) is 34.4 Å². The number of hydrogen-bond donors (Lipinski definition) is 2. The summed E-state index contributed by atoms with van der Waals surface area (Å²) in [5, 5.41) is 12.2. The predicted octanol–water partition coefficient (Wildman–Crippen LogP) is -0.0889. The van der Waals surface area contributed by atoms with E-state index in [1.54, 1.807) is 0 Å². The van der Waals surface area contributed by atoms with Crippen LogP contribution in [0.15, 0.2) is 27.6 Å². The lowest BCUT2D eigenvalue weighted by Crippen LogP contribution is -2.54. The summed E-state index contributed by atoms with van der Waals surface area (Å²) in [5.41, 5.74) is -0.894. The van der Waals surface area contributed by atoms with Crippen LogP contribution in [0.3, 0.4) is 0 Å². The van der Waals surface area contributed by atoms with Crippen molar-refractivity contribution < 1.29 is 19.1 Å². The van der Waals surface area contributed by atoms with Crippen molar-refractivity contribution >= 4 is 5.91 Å². The lowest BCUT2D eigenvalue weighted by Gasteiger charge is -2.36. The predicted molar refractivity (Wildman–Crippen MR) is 62.3 cm³/mol. The van der Waals surface area contributed by atoms with Crippen LogP contribution < -0.4 is 10.9 Å². The van der Waals surface area contributed by atoms with Gasteiger partial charge in [-0.25, -0.2) is 4.79 Å². The Bertz CT molecular complexity index is 455. The molecular weight excluding hydrogens is 238 g/mol. The summed E-state index contributed by atoms with van der Waals surface area (Å²) in [6.07, 6.45) is 2.24. The molecule has 1 amide bonds. The maximum atomic E-state index is 12.0. The molecule has 2 rings (SSSR count).